The van der Waals surface area contributed by atoms with Crippen molar-refractivity contribution in [3.8, 4) is 22.6 Å². The summed E-state index contributed by atoms with van der Waals surface area (Å²) < 4.78 is 76.2. The van der Waals surface area contributed by atoms with Gasteiger partial charge in [-0.3, -0.25) is 0 Å². The number of alkyl halides is 3. The summed E-state index contributed by atoms with van der Waals surface area (Å²) in [6.07, 6.45) is 4.87. The van der Waals surface area contributed by atoms with Crippen molar-refractivity contribution in [2.24, 2.45) is 0 Å². The summed E-state index contributed by atoms with van der Waals surface area (Å²) in [5.41, 5.74) is 1.44. The van der Waals surface area contributed by atoms with Gasteiger partial charge in [-0.1, -0.05) is 82.9 Å². The van der Waals surface area contributed by atoms with E-state index in [1.54, 1.807) is 36.4 Å². The van der Waals surface area contributed by atoms with E-state index in [4.69, 9.17) is 18.9 Å². The van der Waals surface area contributed by atoms with E-state index in [2.05, 4.69) is 6.92 Å². The fourth-order valence-electron chi connectivity index (χ4n) is 5.36. The summed E-state index contributed by atoms with van der Waals surface area (Å²) in [6.45, 7) is 5.54. The van der Waals surface area contributed by atoms with E-state index in [0.29, 0.717) is 43.8 Å². The SMILES string of the molecule is CCCCCCCCCCCOc1ccc(-c2ccc(C(=O)Oc3ccc(C(=O)O[C@H](CCCCCOCC)C(F)(F)F)cc3)cc2)cc1F. The second-order valence-corrected chi connectivity index (χ2v) is 12.3. The van der Waals surface area contributed by atoms with Gasteiger partial charge in [0.25, 0.3) is 0 Å². The number of rotatable bonds is 23. The first kappa shape index (κ1) is 40.5. The molecule has 0 unspecified atom stereocenters. The van der Waals surface area contributed by atoms with E-state index >= 15 is 0 Å². The molecule has 274 valence electrons. The van der Waals surface area contributed by atoms with Crippen molar-refractivity contribution < 1.29 is 46.1 Å². The average molecular weight is 703 g/mol. The Kier molecular flexibility index (Phi) is 17.8. The molecule has 0 N–H and O–H groups in total. The van der Waals surface area contributed by atoms with Crippen molar-refractivity contribution in [3.05, 3.63) is 83.7 Å². The molecule has 3 rings (SSSR count). The van der Waals surface area contributed by atoms with Crippen LogP contribution in [-0.4, -0.2) is 44.0 Å². The smallest absolute Gasteiger partial charge is 0.425 e. The Labute approximate surface area is 293 Å². The van der Waals surface area contributed by atoms with Crippen LogP contribution in [-0.2, 0) is 9.47 Å². The van der Waals surface area contributed by atoms with E-state index in [1.165, 1.54) is 68.9 Å². The highest BCUT2D eigenvalue weighted by Gasteiger charge is 2.42. The van der Waals surface area contributed by atoms with Gasteiger partial charge in [-0.2, -0.15) is 13.2 Å². The van der Waals surface area contributed by atoms with Gasteiger partial charge in [0.1, 0.15) is 5.75 Å². The van der Waals surface area contributed by atoms with Crippen molar-refractivity contribution in [1.82, 2.24) is 0 Å². The standard InChI is InChI=1S/C40H50F4O6/c1-3-5-6-7-8-9-10-11-15-28-48-36-26-23-33(29-35(36)41)30-17-19-31(20-18-30)38(45)49-34-24-21-32(22-25-34)39(46)50-37(40(42,43)44)16-13-12-14-27-47-4-2/h17-26,29,37H,3-16,27-28H2,1-2H3/t37-/m1/s1. The van der Waals surface area contributed by atoms with Crippen LogP contribution in [0.2, 0.25) is 0 Å². The van der Waals surface area contributed by atoms with E-state index in [1.807, 2.05) is 6.92 Å². The number of carbonyl (C=O) groups excluding carboxylic acids is 2. The summed E-state index contributed by atoms with van der Waals surface area (Å²) >= 11 is 0. The molecule has 10 heteroatoms. The Morgan fingerprint density at radius 2 is 1.22 bits per heavy atom. The molecular weight excluding hydrogens is 652 g/mol. The molecule has 0 saturated carbocycles. The Bertz CT molecular complexity index is 1420. The van der Waals surface area contributed by atoms with Crippen LogP contribution in [0.1, 0.15) is 118 Å². The molecule has 0 saturated heterocycles. The zero-order chi connectivity index (χ0) is 36.2. The third-order valence-corrected chi connectivity index (χ3v) is 8.27. The highest BCUT2D eigenvalue weighted by molar-refractivity contribution is 5.92. The minimum atomic E-state index is -4.70. The monoisotopic (exact) mass is 702 g/mol. The van der Waals surface area contributed by atoms with Gasteiger partial charge in [0, 0.05) is 13.2 Å². The molecule has 0 aliphatic rings. The quantitative estimate of drug-likeness (QED) is 0.0424. The van der Waals surface area contributed by atoms with Crippen LogP contribution in [0.25, 0.3) is 11.1 Å². The van der Waals surface area contributed by atoms with Crippen molar-refractivity contribution in [1.29, 1.82) is 0 Å². The number of halogens is 4. The number of hydrogen-bond donors (Lipinski definition) is 0. The maximum atomic E-state index is 14.8. The normalized spacial score (nSPS) is 12.0. The Hall–Kier alpha value is -3.92. The van der Waals surface area contributed by atoms with Gasteiger partial charge in [0.2, 0.25) is 0 Å². The van der Waals surface area contributed by atoms with Crippen LogP contribution in [0.15, 0.2) is 66.7 Å². The first-order chi connectivity index (χ1) is 24.1. The molecule has 0 radical (unpaired) electrons. The van der Waals surface area contributed by atoms with Crippen LogP contribution < -0.4 is 9.47 Å². The molecule has 3 aromatic carbocycles. The molecule has 0 aliphatic heterocycles. The minimum absolute atomic E-state index is 0.0948. The minimum Gasteiger partial charge on any atom is -0.491 e. The molecule has 0 spiro atoms. The van der Waals surface area contributed by atoms with Gasteiger partial charge in [-0.15, -0.1) is 0 Å². The molecule has 0 bridgehead atoms. The summed E-state index contributed by atoms with van der Waals surface area (Å²) in [7, 11) is 0. The highest BCUT2D eigenvalue weighted by atomic mass is 19.4. The van der Waals surface area contributed by atoms with Crippen LogP contribution in [0.5, 0.6) is 11.5 Å². The lowest BCUT2D eigenvalue weighted by molar-refractivity contribution is -0.206. The van der Waals surface area contributed by atoms with Crippen molar-refractivity contribution in [3.63, 3.8) is 0 Å². The van der Waals surface area contributed by atoms with Gasteiger partial charge in [0.05, 0.1) is 17.7 Å². The summed E-state index contributed by atoms with van der Waals surface area (Å²) in [5.74, 6) is -1.96. The Morgan fingerprint density at radius 1 is 0.660 bits per heavy atom. The fraction of sp³-hybridized carbons (Fsp3) is 0.500. The second kappa shape index (κ2) is 22.0. The maximum absolute atomic E-state index is 14.8. The van der Waals surface area contributed by atoms with Gasteiger partial charge < -0.3 is 18.9 Å². The lowest BCUT2D eigenvalue weighted by atomic mass is 10.0. The predicted octanol–water partition coefficient (Wildman–Crippen LogP) is 11.3. The van der Waals surface area contributed by atoms with Crippen molar-refractivity contribution >= 4 is 11.9 Å². The zero-order valence-electron chi connectivity index (χ0n) is 29.2. The first-order valence-electron chi connectivity index (χ1n) is 17.8. The first-order valence-corrected chi connectivity index (χ1v) is 17.8. The largest absolute Gasteiger partial charge is 0.491 e. The van der Waals surface area contributed by atoms with Crippen LogP contribution in [0.3, 0.4) is 0 Å². The summed E-state index contributed by atoms with van der Waals surface area (Å²) in [6, 6.07) is 16.3. The number of ether oxygens (including phenoxy) is 4. The van der Waals surface area contributed by atoms with Crippen LogP contribution in [0, 0.1) is 5.82 Å². The molecule has 50 heavy (non-hydrogen) atoms. The third kappa shape index (κ3) is 14.5. The lowest BCUT2D eigenvalue weighted by Crippen LogP contribution is -2.33. The summed E-state index contributed by atoms with van der Waals surface area (Å²) in [4.78, 5) is 25.2. The lowest BCUT2D eigenvalue weighted by Gasteiger charge is -2.20. The van der Waals surface area contributed by atoms with Gasteiger partial charge in [0.15, 0.2) is 17.7 Å². The average Bonchev–Trinajstić information content (AvgIpc) is 3.10. The topological polar surface area (TPSA) is 71.1 Å². The van der Waals surface area contributed by atoms with Gasteiger partial charge in [-0.05, 0) is 92.3 Å². The van der Waals surface area contributed by atoms with E-state index in [9.17, 15) is 27.2 Å². The molecule has 0 aliphatic carbocycles. The molecule has 1 atom stereocenters. The molecule has 0 amide bonds. The fourth-order valence-corrected chi connectivity index (χ4v) is 5.36. The second-order valence-electron chi connectivity index (χ2n) is 12.3. The Morgan fingerprint density at radius 3 is 1.84 bits per heavy atom. The number of esters is 2. The third-order valence-electron chi connectivity index (χ3n) is 8.27. The molecule has 3 aromatic rings. The van der Waals surface area contributed by atoms with Gasteiger partial charge in [-0.25, -0.2) is 14.0 Å². The number of hydrogen-bond acceptors (Lipinski definition) is 6. The Balaban J connectivity index is 1.45. The van der Waals surface area contributed by atoms with Crippen molar-refractivity contribution in [2.75, 3.05) is 19.8 Å². The predicted molar refractivity (Wildman–Crippen MR) is 186 cm³/mol. The molecule has 0 heterocycles. The van der Waals surface area contributed by atoms with Gasteiger partial charge >= 0.3 is 18.1 Å². The number of benzene rings is 3. The highest BCUT2D eigenvalue weighted by Crippen LogP contribution is 2.29. The molecule has 6 nitrogen and oxygen atoms in total. The zero-order valence-corrected chi connectivity index (χ0v) is 29.2. The summed E-state index contributed by atoms with van der Waals surface area (Å²) in [5, 5.41) is 0. The van der Waals surface area contributed by atoms with Crippen LogP contribution >= 0.6 is 0 Å². The van der Waals surface area contributed by atoms with Crippen molar-refractivity contribution in [2.45, 2.75) is 110 Å². The number of carbonyl (C=O) groups is 2. The molecule has 0 aromatic heterocycles. The molecule has 0 fully saturated rings. The van der Waals surface area contributed by atoms with E-state index in [-0.39, 0.29) is 35.5 Å². The van der Waals surface area contributed by atoms with E-state index in [0.717, 1.165) is 19.3 Å². The van der Waals surface area contributed by atoms with E-state index < -0.39 is 30.0 Å². The molecular formula is C40H50F4O6. The number of unbranched alkanes of at least 4 members (excludes halogenated alkanes) is 10. The van der Waals surface area contributed by atoms with Crippen LogP contribution in [0.4, 0.5) is 17.6 Å². The maximum Gasteiger partial charge on any atom is 0.425 e.